The topological polar surface area (TPSA) is 52.7 Å². The third kappa shape index (κ3) is 5.63. The summed E-state index contributed by atoms with van der Waals surface area (Å²) >= 11 is 0. The SMILES string of the molecule is C[C@@H]1CCCN(C(=O)CN(C)CC(=O)Nc2cccc(F)c2)C1. The lowest BCUT2D eigenvalue weighted by Crippen LogP contribution is -2.45. The van der Waals surface area contributed by atoms with Gasteiger partial charge < -0.3 is 10.2 Å². The zero-order chi connectivity index (χ0) is 16.8. The molecule has 1 aliphatic heterocycles. The van der Waals surface area contributed by atoms with E-state index in [9.17, 15) is 14.0 Å². The molecule has 0 spiro atoms. The number of carbonyl (C=O) groups excluding carboxylic acids is 2. The molecule has 0 aliphatic carbocycles. The van der Waals surface area contributed by atoms with Gasteiger partial charge in [0.15, 0.2) is 0 Å². The Labute approximate surface area is 136 Å². The van der Waals surface area contributed by atoms with Crippen LogP contribution >= 0.6 is 0 Å². The summed E-state index contributed by atoms with van der Waals surface area (Å²) in [5.41, 5.74) is 0.416. The summed E-state index contributed by atoms with van der Waals surface area (Å²) in [6.07, 6.45) is 2.20. The average Bonchev–Trinajstić information content (AvgIpc) is 2.46. The molecule has 0 unspecified atom stereocenters. The Morgan fingerprint density at radius 1 is 1.39 bits per heavy atom. The molecular weight excluding hydrogens is 297 g/mol. The highest BCUT2D eigenvalue weighted by Crippen LogP contribution is 2.15. The van der Waals surface area contributed by atoms with Crippen molar-refractivity contribution in [1.82, 2.24) is 9.80 Å². The van der Waals surface area contributed by atoms with Crippen LogP contribution in [0.2, 0.25) is 0 Å². The third-order valence-electron chi connectivity index (χ3n) is 3.94. The zero-order valence-corrected chi connectivity index (χ0v) is 13.7. The number of rotatable bonds is 5. The Kier molecular flexibility index (Phi) is 6.10. The molecule has 2 amide bonds. The number of nitrogens with zero attached hydrogens (tertiary/aromatic N) is 2. The molecule has 1 heterocycles. The fourth-order valence-corrected chi connectivity index (χ4v) is 2.81. The van der Waals surface area contributed by atoms with Gasteiger partial charge in [-0.05, 0) is 44.0 Å². The lowest BCUT2D eigenvalue weighted by molar-refractivity contribution is -0.134. The second kappa shape index (κ2) is 8.06. The summed E-state index contributed by atoms with van der Waals surface area (Å²) in [4.78, 5) is 27.7. The molecule has 1 N–H and O–H groups in total. The lowest BCUT2D eigenvalue weighted by Gasteiger charge is -2.32. The summed E-state index contributed by atoms with van der Waals surface area (Å²) in [5.74, 6) is -0.0737. The summed E-state index contributed by atoms with van der Waals surface area (Å²) in [5, 5.41) is 2.63. The number of carbonyl (C=O) groups is 2. The van der Waals surface area contributed by atoms with Crippen molar-refractivity contribution in [1.29, 1.82) is 0 Å². The van der Waals surface area contributed by atoms with E-state index in [1.54, 1.807) is 18.0 Å². The van der Waals surface area contributed by atoms with Crippen LogP contribution < -0.4 is 5.32 Å². The number of likely N-dealkylation sites (N-methyl/N-ethyl adjacent to an activating group) is 1. The van der Waals surface area contributed by atoms with Gasteiger partial charge in [-0.3, -0.25) is 14.5 Å². The number of amides is 2. The molecule has 0 bridgehead atoms. The molecule has 1 saturated heterocycles. The number of benzene rings is 1. The van der Waals surface area contributed by atoms with Gasteiger partial charge in [0.25, 0.3) is 0 Å². The molecule has 2 rings (SSSR count). The van der Waals surface area contributed by atoms with Gasteiger partial charge in [-0.2, -0.15) is 0 Å². The first-order valence-corrected chi connectivity index (χ1v) is 7.96. The fourth-order valence-electron chi connectivity index (χ4n) is 2.81. The minimum Gasteiger partial charge on any atom is -0.341 e. The predicted molar refractivity (Wildman–Crippen MR) is 87.5 cm³/mol. The summed E-state index contributed by atoms with van der Waals surface area (Å²) < 4.78 is 13.1. The first-order chi connectivity index (χ1) is 10.9. The van der Waals surface area contributed by atoms with Gasteiger partial charge >= 0.3 is 0 Å². The second-order valence-electron chi connectivity index (χ2n) is 6.32. The summed E-state index contributed by atoms with van der Waals surface area (Å²) in [7, 11) is 1.73. The van der Waals surface area contributed by atoms with Gasteiger partial charge in [0.1, 0.15) is 5.82 Å². The minimum atomic E-state index is -0.398. The Hall–Kier alpha value is -1.95. The molecule has 6 heteroatoms. The number of likely N-dealkylation sites (tertiary alicyclic amines) is 1. The van der Waals surface area contributed by atoms with E-state index in [1.165, 1.54) is 18.2 Å². The number of piperidine rings is 1. The molecule has 126 valence electrons. The quantitative estimate of drug-likeness (QED) is 0.902. The van der Waals surface area contributed by atoms with Gasteiger partial charge in [-0.25, -0.2) is 4.39 Å². The molecular formula is C17H24FN3O2. The monoisotopic (exact) mass is 321 g/mol. The molecule has 1 aromatic carbocycles. The van der Waals surface area contributed by atoms with E-state index < -0.39 is 5.82 Å². The van der Waals surface area contributed by atoms with Gasteiger partial charge in [0, 0.05) is 18.8 Å². The first-order valence-electron chi connectivity index (χ1n) is 7.96. The van der Waals surface area contributed by atoms with Crippen molar-refractivity contribution in [3.8, 4) is 0 Å². The van der Waals surface area contributed by atoms with Crippen LogP contribution in [0.3, 0.4) is 0 Å². The van der Waals surface area contributed by atoms with Crippen molar-refractivity contribution in [2.45, 2.75) is 19.8 Å². The Morgan fingerprint density at radius 3 is 2.87 bits per heavy atom. The lowest BCUT2D eigenvalue weighted by atomic mass is 10.0. The smallest absolute Gasteiger partial charge is 0.238 e. The molecule has 1 aromatic rings. The molecule has 1 aliphatic rings. The van der Waals surface area contributed by atoms with E-state index in [2.05, 4.69) is 12.2 Å². The molecule has 5 nitrogen and oxygen atoms in total. The Morgan fingerprint density at radius 2 is 2.17 bits per heavy atom. The molecule has 1 atom stereocenters. The van der Waals surface area contributed by atoms with Gasteiger partial charge in [0.05, 0.1) is 13.1 Å². The van der Waals surface area contributed by atoms with E-state index in [0.717, 1.165) is 25.9 Å². The predicted octanol–water partition coefficient (Wildman–Crippen LogP) is 1.95. The normalized spacial score (nSPS) is 18.1. The molecule has 0 radical (unpaired) electrons. The highest BCUT2D eigenvalue weighted by molar-refractivity contribution is 5.92. The first kappa shape index (κ1) is 17.4. The minimum absolute atomic E-state index is 0.0533. The van der Waals surface area contributed by atoms with Crippen LogP contribution in [-0.2, 0) is 9.59 Å². The fraction of sp³-hybridized carbons (Fsp3) is 0.529. The van der Waals surface area contributed by atoms with E-state index in [-0.39, 0.29) is 24.9 Å². The van der Waals surface area contributed by atoms with E-state index >= 15 is 0 Å². The average molecular weight is 321 g/mol. The van der Waals surface area contributed by atoms with E-state index in [0.29, 0.717) is 11.6 Å². The largest absolute Gasteiger partial charge is 0.341 e. The van der Waals surface area contributed by atoms with Crippen LogP contribution in [0.25, 0.3) is 0 Å². The number of nitrogens with one attached hydrogen (secondary N) is 1. The van der Waals surface area contributed by atoms with Crippen molar-refractivity contribution in [3.63, 3.8) is 0 Å². The van der Waals surface area contributed by atoms with Crippen LogP contribution in [0.1, 0.15) is 19.8 Å². The van der Waals surface area contributed by atoms with Crippen LogP contribution in [0.15, 0.2) is 24.3 Å². The Balaban J connectivity index is 1.78. The van der Waals surface area contributed by atoms with Crippen molar-refractivity contribution < 1.29 is 14.0 Å². The number of hydrogen-bond donors (Lipinski definition) is 1. The maximum atomic E-state index is 13.1. The third-order valence-corrected chi connectivity index (χ3v) is 3.94. The van der Waals surface area contributed by atoms with Gasteiger partial charge in [0.2, 0.25) is 11.8 Å². The number of anilines is 1. The second-order valence-corrected chi connectivity index (χ2v) is 6.32. The molecule has 0 aromatic heterocycles. The molecule has 1 fully saturated rings. The highest BCUT2D eigenvalue weighted by Gasteiger charge is 2.22. The van der Waals surface area contributed by atoms with Crippen LogP contribution in [0, 0.1) is 11.7 Å². The molecule has 23 heavy (non-hydrogen) atoms. The summed E-state index contributed by atoms with van der Waals surface area (Å²) in [6, 6.07) is 5.75. The van der Waals surface area contributed by atoms with Crippen molar-refractivity contribution >= 4 is 17.5 Å². The van der Waals surface area contributed by atoms with Crippen molar-refractivity contribution in [3.05, 3.63) is 30.1 Å². The molecule has 0 saturated carbocycles. The zero-order valence-electron chi connectivity index (χ0n) is 13.7. The standard InChI is InChI=1S/C17H24FN3O2/c1-13-5-4-8-21(10-13)17(23)12-20(2)11-16(22)19-15-7-3-6-14(18)9-15/h3,6-7,9,13H,4-5,8,10-12H2,1-2H3,(H,19,22)/t13-/m1/s1. The van der Waals surface area contributed by atoms with E-state index in [4.69, 9.17) is 0 Å². The van der Waals surface area contributed by atoms with Gasteiger partial charge in [-0.15, -0.1) is 0 Å². The maximum Gasteiger partial charge on any atom is 0.238 e. The number of halogens is 1. The van der Waals surface area contributed by atoms with Crippen LogP contribution in [0.4, 0.5) is 10.1 Å². The van der Waals surface area contributed by atoms with Crippen molar-refractivity contribution in [2.24, 2.45) is 5.92 Å². The summed E-state index contributed by atoms with van der Waals surface area (Å²) in [6.45, 7) is 4.04. The number of hydrogen-bond acceptors (Lipinski definition) is 3. The van der Waals surface area contributed by atoms with Gasteiger partial charge in [-0.1, -0.05) is 13.0 Å². The highest BCUT2D eigenvalue weighted by atomic mass is 19.1. The maximum absolute atomic E-state index is 13.1. The van der Waals surface area contributed by atoms with Crippen LogP contribution in [-0.4, -0.2) is 54.8 Å². The van der Waals surface area contributed by atoms with Crippen LogP contribution in [0.5, 0.6) is 0 Å². The Bertz CT molecular complexity index is 565. The van der Waals surface area contributed by atoms with E-state index in [1.807, 2.05) is 4.90 Å². The van der Waals surface area contributed by atoms with Crippen molar-refractivity contribution in [2.75, 3.05) is 38.5 Å².